The maximum atomic E-state index is 3.80. The third kappa shape index (κ3) is 2.18. The zero-order valence-corrected chi connectivity index (χ0v) is 20.5. The molecular weight excluding hydrogens is 498 g/mol. The van der Waals surface area contributed by atoms with E-state index >= 15 is 0 Å². The van der Waals surface area contributed by atoms with Crippen LogP contribution in [0.2, 0.25) is 0 Å². The highest BCUT2D eigenvalue weighted by atomic mass is 79.9. The van der Waals surface area contributed by atoms with E-state index in [1.165, 1.54) is 60.2 Å². The lowest BCUT2D eigenvalue weighted by Gasteiger charge is -2.47. The van der Waals surface area contributed by atoms with Gasteiger partial charge in [-0.15, -0.1) is 0 Å². The van der Waals surface area contributed by atoms with Crippen LogP contribution in [0.25, 0.3) is 11.1 Å². The number of nitrogens with zero attached hydrogens (tertiary/aromatic N) is 1. The average Bonchev–Trinajstić information content (AvgIpc) is 3.16. The molecule has 2 heterocycles. The summed E-state index contributed by atoms with van der Waals surface area (Å²) < 4.78 is 1.11. The summed E-state index contributed by atoms with van der Waals surface area (Å²) in [5, 5.41) is 0. The van der Waals surface area contributed by atoms with Gasteiger partial charge in [0.1, 0.15) is 0 Å². The Morgan fingerprint density at radius 3 is 2.15 bits per heavy atom. The van der Waals surface area contributed by atoms with Gasteiger partial charge in [0, 0.05) is 14.3 Å². The number of para-hydroxylation sites is 3. The smallest absolute Gasteiger partial charge is 0.0755 e. The first-order chi connectivity index (χ1) is 16.8. The molecule has 0 fully saturated rings. The fourth-order valence-corrected chi connectivity index (χ4v) is 7.77. The maximum Gasteiger partial charge on any atom is 0.0755 e. The van der Waals surface area contributed by atoms with Crippen molar-refractivity contribution in [3.8, 4) is 11.1 Å². The molecule has 3 aliphatic rings. The summed E-state index contributed by atoms with van der Waals surface area (Å²) in [4.78, 5) is 5.11. The molecule has 0 saturated heterocycles. The maximum absolute atomic E-state index is 3.80. The highest BCUT2D eigenvalue weighted by Gasteiger charge is 2.52. The van der Waals surface area contributed by atoms with Crippen LogP contribution in [0.5, 0.6) is 0 Å². The van der Waals surface area contributed by atoms with Gasteiger partial charge in [-0.05, 0) is 69.8 Å². The van der Waals surface area contributed by atoms with Crippen LogP contribution in [-0.2, 0) is 5.41 Å². The number of fused-ring (bicyclic) bond motifs is 11. The minimum absolute atomic E-state index is 0.360. The molecule has 1 nitrogen and oxygen atoms in total. The van der Waals surface area contributed by atoms with Crippen molar-refractivity contribution in [3.63, 3.8) is 0 Å². The van der Waals surface area contributed by atoms with Gasteiger partial charge in [-0.1, -0.05) is 100 Å². The fourth-order valence-electron chi connectivity index (χ4n) is 6.32. The second-order valence-electron chi connectivity index (χ2n) is 9.06. The average molecular weight is 516 g/mol. The van der Waals surface area contributed by atoms with Crippen LogP contribution < -0.4 is 4.90 Å². The second kappa shape index (κ2) is 6.65. The Morgan fingerprint density at radius 1 is 0.559 bits per heavy atom. The van der Waals surface area contributed by atoms with Crippen molar-refractivity contribution in [2.24, 2.45) is 0 Å². The van der Waals surface area contributed by atoms with E-state index in [2.05, 4.69) is 130 Å². The van der Waals surface area contributed by atoms with E-state index in [0.717, 1.165) is 4.47 Å². The van der Waals surface area contributed by atoms with Crippen molar-refractivity contribution < 1.29 is 0 Å². The number of rotatable bonds is 0. The summed E-state index contributed by atoms with van der Waals surface area (Å²) in [7, 11) is 0. The predicted octanol–water partition coefficient (Wildman–Crippen LogP) is 9.06. The summed E-state index contributed by atoms with van der Waals surface area (Å²) in [6, 6.07) is 40.4. The molecule has 0 amide bonds. The topological polar surface area (TPSA) is 3.24 Å². The SMILES string of the molecule is Brc1ccc2c(c1)C1(c3ccccc3-2)c2ccccc2N2c3ccccc3Sc3cccc1c32. The zero-order valence-electron chi connectivity index (χ0n) is 18.1. The minimum Gasteiger partial charge on any atom is -0.308 e. The van der Waals surface area contributed by atoms with Crippen molar-refractivity contribution >= 4 is 44.8 Å². The lowest BCUT2D eigenvalue weighted by molar-refractivity contribution is 0.746. The van der Waals surface area contributed by atoms with Crippen molar-refractivity contribution in [1.29, 1.82) is 0 Å². The Hall–Kier alpha value is -3.27. The molecule has 0 radical (unpaired) electrons. The largest absolute Gasteiger partial charge is 0.308 e. The van der Waals surface area contributed by atoms with E-state index < -0.39 is 0 Å². The van der Waals surface area contributed by atoms with Gasteiger partial charge in [0.2, 0.25) is 0 Å². The molecule has 0 bridgehead atoms. The van der Waals surface area contributed by atoms with Gasteiger partial charge < -0.3 is 4.90 Å². The van der Waals surface area contributed by atoms with Crippen LogP contribution in [0, 0.1) is 0 Å². The van der Waals surface area contributed by atoms with Crippen molar-refractivity contribution in [1.82, 2.24) is 0 Å². The predicted molar refractivity (Wildman–Crippen MR) is 144 cm³/mol. The van der Waals surface area contributed by atoms with Crippen LogP contribution >= 0.6 is 27.7 Å². The quantitative estimate of drug-likeness (QED) is 0.198. The van der Waals surface area contributed by atoms with E-state index in [-0.39, 0.29) is 5.41 Å². The number of halogens is 1. The zero-order chi connectivity index (χ0) is 22.4. The molecule has 8 rings (SSSR count). The van der Waals surface area contributed by atoms with Crippen LogP contribution in [0.3, 0.4) is 0 Å². The summed E-state index contributed by atoms with van der Waals surface area (Å²) in [5.74, 6) is 0. The first kappa shape index (κ1) is 19.1. The highest BCUT2D eigenvalue weighted by Crippen LogP contribution is 2.66. The third-order valence-electron chi connectivity index (χ3n) is 7.51. The first-order valence-electron chi connectivity index (χ1n) is 11.5. The normalized spacial score (nSPS) is 18.1. The van der Waals surface area contributed by atoms with Crippen LogP contribution in [0.4, 0.5) is 17.1 Å². The Morgan fingerprint density at radius 2 is 1.24 bits per heavy atom. The molecule has 1 aliphatic carbocycles. The van der Waals surface area contributed by atoms with Crippen molar-refractivity contribution in [2.45, 2.75) is 15.2 Å². The molecule has 0 N–H and O–H groups in total. The van der Waals surface area contributed by atoms with Crippen molar-refractivity contribution in [2.75, 3.05) is 4.90 Å². The van der Waals surface area contributed by atoms with Crippen molar-refractivity contribution in [3.05, 3.63) is 136 Å². The van der Waals surface area contributed by atoms with Gasteiger partial charge >= 0.3 is 0 Å². The molecule has 5 aromatic rings. The number of benzene rings is 5. The van der Waals surface area contributed by atoms with E-state index in [1.54, 1.807) is 0 Å². The fraction of sp³-hybridized carbons (Fsp3) is 0.0323. The van der Waals surface area contributed by atoms with E-state index in [0.29, 0.717) is 0 Å². The Labute approximate surface area is 211 Å². The molecule has 3 heteroatoms. The second-order valence-corrected chi connectivity index (χ2v) is 11.1. The van der Waals surface area contributed by atoms with Gasteiger partial charge in [-0.25, -0.2) is 0 Å². The highest BCUT2D eigenvalue weighted by molar-refractivity contribution is 9.10. The Balaban J connectivity index is 1.59. The summed E-state index contributed by atoms with van der Waals surface area (Å²) in [5.41, 5.74) is 11.5. The van der Waals surface area contributed by atoms with E-state index in [1.807, 2.05) is 11.8 Å². The molecule has 34 heavy (non-hydrogen) atoms. The standard InChI is InChI=1S/C31H18BrNS/c32-19-16-17-21-20-8-1-2-9-22(20)31(25(21)18-19)23-10-3-4-12-26(23)33-27-13-5-6-14-28(27)34-29-15-7-11-24(31)30(29)33/h1-18H. The minimum atomic E-state index is -0.360. The van der Waals surface area contributed by atoms with E-state index in [9.17, 15) is 0 Å². The van der Waals surface area contributed by atoms with E-state index in [4.69, 9.17) is 0 Å². The lowest BCUT2D eigenvalue weighted by Crippen LogP contribution is -2.37. The number of anilines is 3. The lowest BCUT2D eigenvalue weighted by atomic mass is 9.64. The molecule has 1 unspecified atom stereocenters. The summed E-state index contributed by atoms with van der Waals surface area (Å²) in [6.07, 6.45) is 0. The monoisotopic (exact) mass is 515 g/mol. The Bertz CT molecular complexity index is 1670. The van der Waals surface area contributed by atoms with Gasteiger partial charge in [-0.3, -0.25) is 0 Å². The van der Waals surface area contributed by atoms with Gasteiger partial charge in [0.05, 0.1) is 22.5 Å². The third-order valence-corrected chi connectivity index (χ3v) is 9.12. The summed E-state index contributed by atoms with van der Waals surface area (Å²) in [6.45, 7) is 0. The Kier molecular flexibility index (Phi) is 3.73. The molecule has 5 aromatic carbocycles. The molecule has 2 aliphatic heterocycles. The van der Waals surface area contributed by atoms with Gasteiger partial charge in [0.15, 0.2) is 0 Å². The first-order valence-corrected chi connectivity index (χ1v) is 13.1. The number of hydrogen-bond donors (Lipinski definition) is 0. The molecule has 160 valence electrons. The summed E-state index contributed by atoms with van der Waals surface area (Å²) >= 11 is 5.68. The van der Waals surface area contributed by atoms with Crippen LogP contribution in [0.1, 0.15) is 22.3 Å². The molecule has 1 atom stereocenters. The molecule has 1 spiro atoms. The van der Waals surface area contributed by atoms with Crippen LogP contribution in [-0.4, -0.2) is 0 Å². The molecule has 0 saturated carbocycles. The molecular formula is C31H18BrNS. The van der Waals surface area contributed by atoms with Crippen LogP contribution in [0.15, 0.2) is 123 Å². The molecule has 0 aromatic heterocycles. The number of hydrogen-bond acceptors (Lipinski definition) is 2. The van der Waals surface area contributed by atoms with Gasteiger partial charge in [0.25, 0.3) is 0 Å². The van der Waals surface area contributed by atoms with Gasteiger partial charge in [-0.2, -0.15) is 0 Å².